The summed E-state index contributed by atoms with van der Waals surface area (Å²) in [5, 5.41) is 0. The van der Waals surface area contributed by atoms with Crippen molar-refractivity contribution in [3.8, 4) is 5.75 Å². The van der Waals surface area contributed by atoms with E-state index in [4.69, 9.17) is 4.74 Å². The fourth-order valence-corrected chi connectivity index (χ4v) is 1.86. The second-order valence-corrected chi connectivity index (χ2v) is 4.35. The molecule has 0 amide bonds. The number of rotatable bonds is 6. The van der Waals surface area contributed by atoms with E-state index in [1.54, 1.807) is 48.5 Å². The molecule has 6 heteroatoms. The van der Waals surface area contributed by atoms with Crippen molar-refractivity contribution in [2.24, 2.45) is 0 Å². The molecule has 112 valence electrons. The zero-order valence-corrected chi connectivity index (χ0v) is 11.8. The summed E-state index contributed by atoms with van der Waals surface area (Å²) < 4.78 is 34.6. The highest BCUT2D eigenvalue weighted by Crippen LogP contribution is 2.20. The maximum absolute atomic E-state index is 12.5. The Hall–Kier alpha value is -2.63. The fourth-order valence-electron chi connectivity index (χ4n) is 1.86. The molecule has 0 aliphatic heterocycles. The summed E-state index contributed by atoms with van der Waals surface area (Å²) in [6.45, 7) is 0. The molecule has 22 heavy (non-hydrogen) atoms. The molecule has 0 spiro atoms. The van der Waals surface area contributed by atoms with E-state index in [9.17, 15) is 13.4 Å². The lowest BCUT2D eigenvalue weighted by atomic mass is 10.1. The van der Waals surface area contributed by atoms with Crippen molar-refractivity contribution in [2.75, 3.05) is 7.11 Å². The summed E-state index contributed by atoms with van der Waals surface area (Å²) in [6.07, 6.45) is 1.05. The van der Waals surface area contributed by atoms with Crippen molar-refractivity contribution in [3.63, 3.8) is 0 Å². The quantitative estimate of drug-likeness (QED) is 0.352. The normalized spacial score (nSPS) is 11.0. The van der Waals surface area contributed by atoms with Gasteiger partial charge in [-0.1, -0.05) is 42.5 Å². The summed E-state index contributed by atoms with van der Waals surface area (Å²) in [4.78, 5) is 12.2. The zero-order chi connectivity index (χ0) is 15.9. The molecule has 2 aromatic carbocycles. The minimum atomic E-state index is -3.01. The summed E-state index contributed by atoms with van der Waals surface area (Å²) in [5.74, 6) is -0.114. The van der Waals surface area contributed by atoms with Crippen LogP contribution < -0.4 is 4.74 Å². The predicted molar refractivity (Wildman–Crippen MR) is 80.8 cm³/mol. The van der Waals surface area contributed by atoms with E-state index in [0.717, 1.165) is 6.08 Å². The highest BCUT2D eigenvalue weighted by atomic mass is 19.2. The van der Waals surface area contributed by atoms with Crippen molar-refractivity contribution in [3.05, 3.63) is 71.8 Å². The number of allylic oxidation sites excluding steroid dienone is 1. The molecule has 0 aromatic heterocycles. The van der Waals surface area contributed by atoms with Gasteiger partial charge in [0.15, 0.2) is 5.78 Å². The molecule has 0 atom stereocenters. The largest absolute Gasteiger partial charge is 0.796 e. The molecule has 2 aromatic rings. The molecule has 0 saturated carbocycles. The first-order valence-electron chi connectivity index (χ1n) is 6.50. The average Bonchev–Trinajstić information content (AvgIpc) is 2.54. The Morgan fingerprint density at radius 3 is 2.36 bits per heavy atom. The van der Waals surface area contributed by atoms with Crippen molar-refractivity contribution < 1.29 is 22.8 Å². The van der Waals surface area contributed by atoms with Gasteiger partial charge in [0.2, 0.25) is 0 Å². The Bertz CT molecular complexity index is 672. The minimum Gasteiger partial charge on any atom is -0.505 e. The third-order valence-electron chi connectivity index (χ3n) is 2.89. The molecule has 0 radical (unpaired) electrons. The number of halogens is 2. The lowest BCUT2D eigenvalue weighted by molar-refractivity contribution is 0.104. The molecule has 0 heterocycles. The molecule has 0 aliphatic carbocycles. The third-order valence-corrected chi connectivity index (χ3v) is 2.89. The Morgan fingerprint density at radius 2 is 1.73 bits per heavy atom. The summed E-state index contributed by atoms with van der Waals surface area (Å²) in [5.41, 5.74) is 0.727. The number of ether oxygens (including phenoxy) is 1. The number of carbonyl (C=O) groups is 1. The maximum atomic E-state index is 12.5. The SMILES string of the molecule is COc1cccc(C(=O)/C=C(\OB(F)F)c2ccccc2)c1. The van der Waals surface area contributed by atoms with Crippen molar-refractivity contribution in [1.82, 2.24) is 0 Å². The van der Waals surface area contributed by atoms with E-state index < -0.39 is 13.3 Å². The van der Waals surface area contributed by atoms with Gasteiger partial charge in [-0.15, -0.1) is 0 Å². The first kappa shape index (κ1) is 15.8. The van der Waals surface area contributed by atoms with Crippen LogP contribution in [0.4, 0.5) is 8.63 Å². The van der Waals surface area contributed by atoms with Crippen LogP contribution in [0.25, 0.3) is 5.76 Å². The van der Waals surface area contributed by atoms with E-state index in [-0.39, 0.29) is 5.76 Å². The Morgan fingerprint density at radius 1 is 1.05 bits per heavy atom. The van der Waals surface area contributed by atoms with Crippen molar-refractivity contribution in [1.29, 1.82) is 0 Å². The Labute approximate surface area is 127 Å². The molecule has 0 saturated heterocycles. The smallest absolute Gasteiger partial charge is 0.505 e. The first-order chi connectivity index (χ1) is 10.6. The van der Waals surface area contributed by atoms with Crippen LogP contribution in [0.3, 0.4) is 0 Å². The van der Waals surface area contributed by atoms with Gasteiger partial charge in [-0.25, -0.2) is 8.63 Å². The molecule has 0 unspecified atom stereocenters. The van der Waals surface area contributed by atoms with Crippen LogP contribution >= 0.6 is 0 Å². The summed E-state index contributed by atoms with van der Waals surface area (Å²) in [6, 6.07) is 14.7. The minimum absolute atomic E-state index is 0.177. The number of ketones is 1. The van der Waals surface area contributed by atoms with Crippen LogP contribution in [-0.4, -0.2) is 20.4 Å². The van der Waals surface area contributed by atoms with E-state index in [0.29, 0.717) is 16.9 Å². The van der Waals surface area contributed by atoms with Crippen molar-refractivity contribution in [2.45, 2.75) is 0 Å². The fraction of sp³-hybridized carbons (Fsp3) is 0.0625. The van der Waals surface area contributed by atoms with E-state index in [1.165, 1.54) is 13.2 Å². The van der Waals surface area contributed by atoms with Crippen LogP contribution in [0, 0.1) is 0 Å². The Kier molecular flexibility index (Phi) is 5.30. The second kappa shape index (κ2) is 7.40. The average molecular weight is 302 g/mol. The highest BCUT2D eigenvalue weighted by molar-refractivity contribution is 6.36. The third kappa shape index (κ3) is 4.18. The molecule has 2 rings (SSSR count). The van der Waals surface area contributed by atoms with E-state index in [2.05, 4.69) is 4.65 Å². The van der Waals surface area contributed by atoms with E-state index >= 15 is 0 Å². The number of hydrogen-bond acceptors (Lipinski definition) is 3. The molecule has 0 N–H and O–H groups in total. The van der Waals surface area contributed by atoms with Crippen LogP contribution in [-0.2, 0) is 4.65 Å². The van der Waals surface area contributed by atoms with Gasteiger partial charge in [0.1, 0.15) is 11.5 Å². The van der Waals surface area contributed by atoms with Crippen molar-refractivity contribution >= 4 is 19.0 Å². The van der Waals surface area contributed by atoms with Gasteiger partial charge >= 0.3 is 7.47 Å². The van der Waals surface area contributed by atoms with Crippen LogP contribution in [0.5, 0.6) is 5.75 Å². The molecular formula is C16H13BF2O3. The lowest BCUT2D eigenvalue weighted by Crippen LogP contribution is -2.06. The number of hydrogen-bond donors (Lipinski definition) is 0. The topological polar surface area (TPSA) is 35.5 Å². The van der Waals surface area contributed by atoms with Gasteiger partial charge in [0, 0.05) is 17.2 Å². The predicted octanol–water partition coefficient (Wildman–Crippen LogP) is 3.86. The Balaban J connectivity index is 2.33. The molecular weight excluding hydrogens is 289 g/mol. The van der Waals surface area contributed by atoms with Gasteiger partial charge in [-0.2, -0.15) is 0 Å². The maximum Gasteiger partial charge on any atom is 0.796 e. The first-order valence-corrected chi connectivity index (χ1v) is 6.50. The molecule has 0 aliphatic rings. The molecule has 0 bridgehead atoms. The lowest BCUT2D eigenvalue weighted by Gasteiger charge is -2.08. The number of benzene rings is 2. The van der Waals surface area contributed by atoms with Crippen LogP contribution in [0.1, 0.15) is 15.9 Å². The number of carbonyl (C=O) groups excluding carboxylic acids is 1. The van der Waals surface area contributed by atoms with Gasteiger partial charge in [0.05, 0.1) is 7.11 Å². The van der Waals surface area contributed by atoms with Gasteiger partial charge in [0.25, 0.3) is 0 Å². The summed E-state index contributed by atoms with van der Waals surface area (Å²) >= 11 is 0. The zero-order valence-electron chi connectivity index (χ0n) is 11.8. The van der Waals surface area contributed by atoms with Crippen LogP contribution in [0.15, 0.2) is 60.7 Å². The molecule has 3 nitrogen and oxygen atoms in total. The highest BCUT2D eigenvalue weighted by Gasteiger charge is 2.21. The summed E-state index contributed by atoms with van der Waals surface area (Å²) in [7, 11) is -1.53. The van der Waals surface area contributed by atoms with Crippen LogP contribution in [0.2, 0.25) is 0 Å². The van der Waals surface area contributed by atoms with Gasteiger partial charge in [-0.05, 0) is 12.1 Å². The van der Waals surface area contributed by atoms with E-state index in [1.807, 2.05) is 0 Å². The standard InChI is InChI=1S/C16H13BF2O3/c1-21-14-9-5-8-13(10-14)15(20)11-16(22-17(18)19)12-6-3-2-4-7-12/h2-11H,1H3/b16-11-. The molecule has 0 fully saturated rings. The van der Waals surface area contributed by atoms with Gasteiger partial charge in [-0.3, -0.25) is 4.79 Å². The monoisotopic (exact) mass is 302 g/mol. The second-order valence-electron chi connectivity index (χ2n) is 4.35. The number of methoxy groups -OCH3 is 1. The van der Waals surface area contributed by atoms with Gasteiger partial charge < -0.3 is 9.39 Å².